The van der Waals surface area contributed by atoms with Crippen LogP contribution < -0.4 is 21.2 Å². The van der Waals surface area contributed by atoms with Crippen molar-refractivity contribution in [2.24, 2.45) is 0 Å². The van der Waals surface area contributed by atoms with Crippen molar-refractivity contribution < 1.29 is 9.53 Å². The van der Waals surface area contributed by atoms with Crippen molar-refractivity contribution in [3.8, 4) is 5.75 Å². The number of benzene rings is 2. The van der Waals surface area contributed by atoms with Crippen molar-refractivity contribution in [1.29, 1.82) is 0 Å². The molecule has 7 nitrogen and oxygen atoms in total. The van der Waals surface area contributed by atoms with Gasteiger partial charge in [-0.25, -0.2) is 4.68 Å². The third kappa shape index (κ3) is 3.36. The summed E-state index contributed by atoms with van der Waals surface area (Å²) >= 11 is 0. The summed E-state index contributed by atoms with van der Waals surface area (Å²) in [6.45, 7) is 0.648. The smallest absolute Gasteiger partial charge is 0.273 e. The highest BCUT2D eigenvalue weighted by Crippen LogP contribution is 2.31. The predicted octanol–water partition coefficient (Wildman–Crippen LogP) is 1.72. The van der Waals surface area contributed by atoms with E-state index in [1.165, 1.54) is 4.68 Å². The minimum atomic E-state index is -0.344. The summed E-state index contributed by atoms with van der Waals surface area (Å²) in [5, 5.41) is 6.23. The normalized spacial score (nSPS) is 15.8. The van der Waals surface area contributed by atoms with Crippen molar-refractivity contribution in [2.45, 2.75) is 25.4 Å². The number of carbonyl (C=O) groups excluding carboxylic acids is 1. The minimum Gasteiger partial charge on any atom is -0.493 e. The number of hydrogen-bond donors (Lipinski definition) is 2. The highest BCUT2D eigenvalue weighted by molar-refractivity contribution is 5.80. The molecule has 0 radical (unpaired) electrons. The van der Waals surface area contributed by atoms with E-state index in [4.69, 9.17) is 4.74 Å². The van der Waals surface area contributed by atoms with Crippen molar-refractivity contribution >= 4 is 16.7 Å². The van der Waals surface area contributed by atoms with Crippen LogP contribution in [0.2, 0.25) is 0 Å². The molecule has 1 amide bonds. The number of rotatable bonds is 4. The topological polar surface area (TPSA) is 93.2 Å². The number of nitrogens with zero attached hydrogens (tertiary/aromatic N) is 1. The lowest BCUT2D eigenvalue weighted by Crippen LogP contribution is -2.35. The first-order valence-corrected chi connectivity index (χ1v) is 8.86. The molecule has 3 aromatic rings. The molecule has 1 atom stereocenters. The molecule has 0 saturated heterocycles. The van der Waals surface area contributed by atoms with Gasteiger partial charge >= 0.3 is 0 Å². The highest BCUT2D eigenvalue weighted by Gasteiger charge is 2.22. The average molecular weight is 365 g/mol. The van der Waals surface area contributed by atoms with E-state index in [-0.39, 0.29) is 36.0 Å². The summed E-state index contributed by atoms with van der Waals surface area (Å²) in [5.41, 5.74) is 0.298. The number of para-hydroxylation sites is 1. The summed E-state index contributed by atoms with van der Waals surface area (Å²) in [6.07, 6.45) is 0.781. The summed E-state index contributed by atoms with van der Waals surface area (Å²) in [5.74, 6) is 0.599. The molecule has 0 aliphatic carbocycles. The Morgan fingerprint density at radius 1 is 1.11 bits per heavy atom. The number of aryl methyl sites for hydroxylation is 1. The van der Waals surface area contributed by atoms with E-state index in [9.17, 15) is 14.4 Å². The molecule has 1 unspecified atom stereocenters. The van der Waals surface area contributed by atoms with Crippen molar-refractivity contribution in [3.63, 3.8) is 0 Å². The number of hydrogen-bond acceptors (Lipinski definition) is 4. The maximum Gasteiger partial charge on any atom is 0.273 e. The predicted molar refractivity (Wildman–Crippen MR) is 101 cm³/mol. The molecule has 0 bridgehead atoms. The molecule has 0 spiro atoms. The van der Waals surface area contributed by atoms with Crippen molar-refractivity contribution in [1.82, 2.24) is 15.1 Å². The molecule has 2 N–H and O–H groups in total. The molecule has 2 aromatic carbocycles. The summed E-state index contributed by atoms with van der Waals surface area (Å²) in [6, 6.07) is 14.1. The molecule has 2 heterocycles. The Hall–Kier alpha value is -3.35. The standard InChI is InChI=1S/C20H19N3O4/c24-18(21-16-10-12-27-17-8-4-3-7-15(16)17)9-11-23-20(26)14-6-2-1-5-13(14)19(25)22-23/h1-8,16H,9-12H2,(H,21,24)(H,22,25). The molecule has 7 heteroatoms. The number of amides is 1. The number of aromatic nitrogens is 2. The zero-order valence-electron chi connectivity index (χ0n) is 14.6. The fourth-order valence-corrected chi connectivity index (χ4v) is 3.38. The van der Waals surface area contributed by atoms with Crippen LogP contribution >= 0.6 is 0 Å². The van der Waals surface area contributed by atoms with E-state index < -0.39 is 0 Å². The zero-order chi connectivity index (χ0) is 18.8. The number of H-pyrrole nitrogens is 1. The van der Waals surface area contributed by atoms with Gasteiger partial charge in [0.05, 0.1) is 30.0 Å². The van der Waals surface area contributed by atoms with Gasteiger partial charge in [0.1, 0.15) is 5.75 Å². The van der Waals surface area contributed by atoms with Crippen LogP contribution in [0.15, 0.2) is 58.1 Å². The Labute approximate surface area is 154 Å². The molecule has 1 aromatic heterocycles. The molecular formula is C20H19N3O4. The summed E-state index contributed by atoms with van der Waals surface area (Å²) in [7, 11) is 0. The largest absolute Gasteiger partial charge is 0.493 e. The van der Waals surface area contributed by atoms with Crippen LogP contribution in [0.4, 0.5) is 0 Å². The summed E-state index contributed by atoms with van der Waals surface area (Å²) < 4.78 is 6.79. The van der Waals surface area contributed by atoms with Gasteiger partial charge in [0.15, 0.2) is 0 Å². The van der Waals surface area contributed by atoms with E-state index in [2.05, 4.69) is 10.4 Å². The number of ether oxygens (including phenoxy) is 1. The summed E-state index contributed by atoms with van der Waals surface area (Å²) in [4.78, 5) is 37.0. The number of carbonyl (C=O) groups is 1. The van der Waals surface area contributed by atoms with Crippen molar-refractivity contribution in [2.75, 3.05) is 6.61 Å². The van der Waals surface area contributed by atoms with E-state index >= 15 is 0 Å². The van der Waals surface area contributed by atoms with E-state index in [0.717, 1.165) is 11.3 Å². The van der Waals surface area contributed by atoms with Gasteiger partial charge < -0.3 is 10.1 Å². The molecule has 138 valence electrons. The second-order valence-corrected chi connectivity index (χ2v) is 6.49. The monoisotopic (exact) mass is 365 g/mol. The van der Waals surface area contributed by atoms with Gasteiger partial charge in [-0.05, 0) is 18.2 Å². The molecule has 1 aliphatic heterocycles. The van der Waals surface area contributed by atoms with Gasteiger partial charge in [0.2, 0.25) is 5.91 Å². The lowest BCUT2D eigenvalue weighted by molar-refractivity contribution is -0.122. The number of nitrogens with one attached hydrogen (secondary N) is 2. The molecule has 4 rings (SSSR count). The van der Waals surface area contributed by atoms with Gasteiger partial charge in [0.25, 0.3) is 11.1 Å². The molecule has 0 saturated carbocycles. The second-order valence-electron chi connectivity index (χ2n) is 6.49. The van der Waals surface area contributed by atoms with E-state index in [0.29, 0.717) is 23.8 Å². The Kier molecular flexibility index (Phi) is 4.50. The Morgan fingerprint density at radius 2 is 1.85 bits per heavy atom. The third-order valence-corrected chi connectivity index (χ3v) is 4.74. The van der Waals surface area contributed by atoms with Crippen LogP contribution in [0, 0.1) is 0 Å². The lowest BCUT2D eigenvalue weighted by atomic mass is 10.0. The number of aromatic amines is 1. The quantitative estimate of drug-likeness (QED) is 0.736. The second kappa shape index (κ2) is 7.11. The SMILES string of the molecule is O=C(CCn1[nH]c(=O)c2ccccc2c1=O)NC1CCOc2ccccc21. The van der Waals surface area contributed by atoms with Gasteiger partial charge in [-0.3, -0.25) is 19.5 Å². The maximum atomic E-state index is 12.5. The van der Waals surface area contributed by atoms with Crippen LogP contribution in [0.5, 0.6) is 5.75 Å². The van der Waals surface area contributed by atoms with E-state index in [1.54, 1.807) is 24.3 Å². The molecular weight excluding hydrogens is 346 g/mol. The lowest BCUT2D eigenvalue weighted by Gasteiger charge is -2.26. The average Bonchev–Trinajstić information content (AvgIpc) is 2.70. The molecule has 0 fully saturated rings. The van der Waals surface area contributed by atoms with E-state index in [1.807, 2.05) is 24.3 Å². The first-order valence-electron chi connectivity index (χ1n) is 8.86. The van der Waals surface area contributed by atoms with Crippen LogP contribution in [0.1, 0.15) is 24.4 Å². The fourth-order valence-electron chi connectivity index (χ4n) is 3.38. The number of fused-ring (bicyclic) bond motifs is 2. The highest BCUT2D eigenvalue weighted by atomic mass is 16.5. The van der Waals surface area contributed by atoms with Crippen LogP contribution in [0.3, 0.4) is 0 Å². The zero-order valence-corrected chi connectivity index (χ0v) is 14.6. The Morgan fingerprint density at radius 3 is 2.70 bits per heavy atom. The van der Waals surface area contributed by atoms with Crippen LogP contribution in [0.25, 0.3) is 10.8 Å². The Bertz CT molecular complexity index is 1120. The maximum absolute atomic E-state index is 12.5. The van der Waals surface area contributed by atoms with Gasteiger partial charge in [0, 0.05) is 18.4 Å². The molecule has 27 heavy (non-hydrogen) atoms. The minimum absolute atomic E-state index is 0.0910. The van der Waals surface area contributed by atoms with Crippen LogP contribution in [-0.4, -0.2) is 22.3 Å². The molecule has 1 aliphatic rings. The van der Waals surface area contributed by atoms with Crippen molar-refractivity contribution in [3.05, 3.63) is 74.8 Å². The first-order chi connectivity index (χ1) is 13.1. The third-order valence-electron chi connectivity index (χ3n) is 4.74. The fraction of sp³-hybridized carbons (Fsp3) is 0.250. The van der Waals surface area contributed by atoms with Crippen LogP contribution in [-0.2, 0) is 11.3 Å². The van der Waals surface area contributed by atoms with Gasteiger partial charge in [-0.15, -0.1) is 0 Å². The van der Waals surface area contributed by atoms with Gasteiger partial charge in [-0.1, -0.05) is 30.3 Å². The van der Waals surface area contributed by atoms with Gasteiger partial charge in [-0.2, -0.15) is 0 Å². The Balaban J connectivity index is 1.48. The first kappa shape index (κ1) is 17.1.